The van der Waals surface area contributed by atoms with E-state index in [1.807, 2.05) is 48.5 Å². The zero-order valence-corrected chi connectivity index (χ0v) is 18.4. The maximum absolute atomic E-state index is 12.4. The summed E-state index contributed by atoms with van der Waals surface area (Å²) < 4.78 is 11.4. The monoisotopic (exact) mass is 474 g/mol. The van der Waals surface area contributed by atoms with Gasteiger partial charge in [-0.2, -0.15) is 0 Å². The normalized spacial score (nSPS) is 13.2. The molecule has 0 spiro atoms. The standard InChI is InChI=1S/C22H20Cl2N4O4/c23-11-9-17(29)31-19(21-25-13-5-1-2-6-14(13)26-21)20(32-18(30)10-12-24)22-27-15-7-3-4-8-16(15)28-22/h1-8,19-20H,9-12H2,(H,25,26)(H,27,28)/t19-,20-/m0/s1. The number of hydrogen-bond acceptors (Lipinski definition) is 6. The second-order valence-corrected chi connectivity index (χ2v) is 7.73. The lowest BCUT2D eigenvalue weighted by Gasteiger charge is -2.24. The number of rotatable bonds is 9. The summed E-state index contributed by atoms with van der Waals surface area (Å²) in [6.45, 7) is 0. The van der Waals surface area contributed by atoms with Crippen molar-refractivity contribution in [3.05, 3.63) is 60.2 Å². The molecule has 0 fully saturated rings. The number of para-hydroxylation sites is 4. The van der Waals surface area contributed by atoms with Crippen LogP contribution in [-0.2, 0) is 19.1 Å². The number of esters is 2. The fourth-order valence-electron chi connectivity index (χ4n) is 3.29. The lowest BCUT2D eigenvalue weighted by atomic mass is 10.1. The molecule has 166 valence electrons. The van der Waals surface area contributed by atoms with E-state index >= 15 is 0 Å². The number of halogens is 2. The number of aromatic amines is 2. The van der Waals surface area contributed by atoms with Gasteiger partial charge in [0.2, 0.25) is 12.2 Å². The molecule has 0 saturated carbocycles. The fourth-order valence-corrected chi connectivity index (χ4v) is 3.60. The Kier molecular flexibility index (Phi) is 6.92. The van der Waals surface area contributed by atoms with Gasteiger partial charge in [-0.25, -0.2) is 9.97 Å². The van der Waals surface area contributed by atoms with Crippen molar-refractivity contribution < 1.29 is 19.1 Å². The van der Waals surface area contributed by atoms with Crippen molar-refractivity contribution in [2.24, 2.45) is 0 Å². The third kappa shape index (κ3) is 4.87. The van der Waals surface area contributed by atoms with E-state index in [-0.39, 0.29) is 24.6 Å². The Labute approximate surface area is 193 Å². The van der Waals surface area contributed by atoms with Crippen LogP contribution < -0.4 is 0 Å². The molecule has 0 aliphatic carbocycles. The van der Waals surface area contributed by atoms with Crippen LogP contribution in [0.3, 0.4) is 0 Å². The molecule has 2 aromatic carbocycles. The second-order valence-electron chi connectivity index (χ2n) is 6.98. The molecule has 0 unspecified atom stereocenters. The molecule has 0 aliphatic heterocycles. The first kappa shape index (κ1) is 22.1. The molecule has 0 radical (unpaired) electrons. The van der Waals surface area contributed by atoms with Crippen molar-refractivity contribution in [1.29, 1.82) is 0 Å². The van der Waals surface area contributed by atoms with Crippen molar-refractivity contribution in [3.8, 4) is 0 Å². The van der Waals surface area contributed by atoms with Crippen LogP contribution in [0.25, 0.3) is 22.1 Å². The number of H-pyrrole nitrogens is 2. The summed E-state index contributed by atoms with van der Waals surface area (Å²) in [5.41, 5.74) is 2.85. The number of hydrogen-bond donors (Lipinski definition) is 2. The summed E-state index contributed by atoms with van der Waals surface area (Å²) in [7, 11) is 0. The average molecular weight is 475 g/mol. The highest BCUT2D eigenvalue weighted by Crippen LogP contribution is 2.35. The quantitative estimate of drug-likeness (QED) is 0.271. The first-order valence-corrected chi connectivity index (χ1v) is 11.1. The Morgan fingerprint density at radius 1 is 0.750 bits per heavy atom. The molecule has 2 aromatic heterocycles. The molecule has 0 aliphatic rings. The van der Waals surface area contributed by atoms with E-state index in [4.69, 9.17) is 32.7 Å². The number of benzene rings is 2. The average Bonchev–Trinajstić information content (AvgIpc) is 3.40. The van der Waals surface area contributed by atoms with Gasteiger partial charge < -0.3 is 19.4 Å². The van der Waals surface area contributed by atoms with Crippen molar-refractivity contribution in [2.45, 2.75) is 25.0 Å². The number of nitrogens with one attached hydrogen (secondary N) is 2. The minimum absolute atomic E-state index is 0.0131. The highest BCUT2D eigenvalue weighted by molar-refractivity contribution is 6.19. The van der Waals surface area contributed by atoms with Gasteiger partial charge in [0.25, 0.3) is 0 Å². The van der Waals surface area contributed by atoms with Crippen molar-refractivity contribution in [1.82, 2.24) is 19.9 Å². The summed E-state index contributed by atoms with van der Waals surface area (Å²) in [5, 5.41) is 0. The minimum atomic E-state index is -1.09. The maximum atomic E-state index is 12.4. The number of aromatic nitrogens is 4. The van der Waals surface area contributed by atoms with Gasteiger partial charge in [-0.3, -0.25) is 9.59 Å². The molecular formula is C22H20Cl2N4O4. The molecule has 0 saturated heterocycles. The molecule has 4 rings (SSSR count). The van der Waals surface area contributed by atoms with Gasteiger partial charge in [-0.15, -0.1) is 23.2 Å². The van der Waals surface area contributed by atoms with E-state index < -0.39 is 24.1 Å². The van der Waals surface area contributed by atoms with Gasteiger partial charge in [0.15, 0.2) is 11.6 Å². The number of nitrogens with zero attached hydrogens (tertiary/aromatic N) is 2. The van der Waals surface area contributed by atoms with Crippen LogP contribution in [-0.4, -0.2) is 43.6 Å². The molecule has 32 heavy (non-hydrogen) atoms. The highest BCUT2D eigenvalue weighted by atomic mass is 35.5. The largest absolute Gasteiger partial charge is 0.450 e. The van der Waals surface area contributed by atoms with E-state index in [1.54, 1.807) is 0 Å². The number of alkyl halides is 2. The number of imidazole rings is 2. The van der Waals surface area contributed by atoms with Gasteiger partial charge in [-0.05, 0) is 24.3 Å². The van der Waals surface area contributed by atoms with E-state index in [0.717, 1.165) is 11.0 Å². The first-order chi connectivity index (χ1) is 15.6. The predicted octanol–water partition coefficient (Wildman–Crippen LogP) is 4.57. The first-order valence-electron chi connectivity index (χ1n) is 9.99. The van der Waals surface area contributed by atoms with Crippen molar-refractivity contribution >= 4 is 57.2 Å². The predicted molar refractivity (Wildman–Crippen MR) is 121 cm³/mol. The SMILES string of the molecule is O=C(CCCl)O[C@H](c1nc2ccccc2[nH]1)[C@H](OC(=O)CCCl)c1nc2ccccc2[nH]1. The zero-order valence-electron chi connectivity index (χ0n) is 16.9. The lowest BCUT2D eigenvalue weighted by Crippen LogP contribution is -2.25. The van der Waals surface area contributed by atoms with Crippen LogP contribution in [0.1, 0.15) is 36.7 Å². The maximum Gasteiger partial charge on any atom is 0.307 e. The van der Waals surface area contributed by atoms with E-state index in [1.165, 1.54) is 0 Å². The second kappa shape index (κ2) is 10.0. The van der Waals surface area contributed by atoms with E-state index in [0.29, 0.717) is 22.7 Å². The summed E-state index contributed by atoms with van der Waals surface area (Å²) >= 11 is 11.4. The highest BCUT2D eigenvalue weighted by Gasteiger charge is 2.36. The molecule has 2 heterocycles. The topological polar surface area (TPSA) is 110 Å². The number of carbonyl (C=O) groups is 2. The Morgan fingerprint density at radius 2 is 1.16 bits per heavy atom. The minimum Gasteiger partial charge on any atom is -0.450 e. The molecular weight excluding hydrogens is 455 g/mol. The van der Waals surface area contributed by atoms with Crippen LogP contribution in [0.5, 0.6) is 0 Å². The lowest BCUT2D eigenvalue weighted by molar-refractivity contribution is -0.170. The number of fused-ring (bicyclic) bond motifs is 2. The van der Waals surface area contributed by atoms with Crippen LogP contribution in [0, 0.1) is 0 Å². The van der Waals surface area contributed by atoms with Gasteiger partial charge in [-0.1, -0.05) is 24.3 Å². The molecule has 0 bridgehead atoms. The Hall–Kier alpha value is -3.10. The fraction of sp³-hybridized carbons (Fsp3) is 0.273. The molecule has 8 nitrogen and oxygen atoms in total. The van der Waals surface area contributed by atoms with Gasteiger partial charge in [0.05, 0.1) is 34.9 Å². The third-order valence-corrected chi connectivity index (χ3v) is 5.12. The summed E-state index contributed by atoms with van der Waals surface area (Å²) in [4.78, 5) is 40.3. The number of ether oxygens (including phenoxy) is 2. The van der Waals surface area contributed by atoms with Crippen LogP contribution >= 0.6 is 23.2 Å². The van der Waals surface area contributed by atoms with Crippen molar-refractivity contribution in [2.75, 3.05) is 11.8 Å². The van der Waals surface area contributed by atoms with E-state index in [2.05, 4.69) is 19.9 Å². The van der Waals surface area contributed by atoms with Crippen LogP contribution in [0.4, 0.5) is 0 Å². The zero-order chi connectivity index (χ0) is 22.5. The molecule has 10 heteroatoms. The summed E-state index contributed by atoms with van der Waals surface area (Å²) in [6, 6.07) is 14.7. The Balaban J connectivity index is 1.80. The smallest absolute Gasteiger partial charge is 0.307 e. The van der Waals surface area contributed by atoms with Gasteiger partial charge in [0.1, 0.15) is 0 Å². The molecule has 2 atom stereocenters. The van der Waals surface area contributed by atoms with Crippen molar-refractivity contribution in [3.63, 3.8) is 0 Å². The molecule has 4 aromatic rings. The Morgan fingerprint density at radius 3 is 1.53 bits per heavy atom. The molecule has 0 amide bonds. The van der Waals surface area contributed by atoms with Crippen LogP contribution in [0.2, 0.25) is 0 Å². The third-order valence-electron chi connectivity index (χ3n) is 4.74. The summed E-state index contributed by atoms with van der Waals surface area (Å²) in [5.74, 6) is -0.295. The van der Waals surface area contributed by atoms with Gasteiger partial charge in [0, 0.05) is 11.8 Å². The number of carbonyl (C=O) groups excluding carboxylic acids is 2. The van der Waals surface area contributed by atoms with Gasteiger partial charge >= 0.3 is 11.9 Å². The molecule has 2 N–H and O–H groups in total. The summed E-state index contributed by atoms with van der Waals surface area (Å²) in [6.07, 6.45) is -2.20. The van der Waals surface area contributed by atoms with Crippen LogP contribution in [0.15, 0.2) is 48.5 Å². The Bertz CT molecular complexity index is 1080. The van der Waals surface area contributed by atoms with E-state index in [9.17, 15) is 9.59 Å².